The van der Waals surface area contributed by atoms with Crippen molar-refractivity contribution >= 4 is 5.91 Å². The molecule has 5 heteroatoms. The predicted molar refractivity (Wildman–Crippen MR) is 61.1 cm³/mol. The van der Waals surface area contributed by atoms with Crippen molar-refractivity contribution in [1.82, 2.24) is 10.6 Å². The maximum Gasteiger partial charge on any atom is 0.227 e. The minimum Gasteiger partial charge on any atom is -0.391 e. The average Bonchev–Trinajstić information content (AvgIpc) is 2.67. The fraction of sp³-hybridized carbons (Fsp3) is 0.909. The van der Waals surface area contributed by atoms with E-state index in [-0.39, 0.29) is 11.3 Å². The van der Waals surface area contributed by atoms with Crippen LogP contribution in [0.5, 0.6) is 0 Å². The zero-order valence-electron chi connectivity index (χ0n) is 10.1. The summed E-state index contributed by atoms with van der Waals surface area (Å²) in [7, 11) is 1.55. The number of hydrogen-bond donors (Lipinski definition) is 3. The Hall–Kier alpha value is -0.650. The highest BCUT2D eigenvalue weighted by molar-refractivity contribution is 5.82. The Morgan fingerprint density at radius 1 is 1.69 bits per heavy atom. The second-order valence-electron chi connectivity index (χ2n) is 4.64. The van der Waals surface area contributed by atoms with Gasteiger partial charge in [-0.05, 0) is 26.3 Å². The topological polar surface area (TPSA) is 70.6 Å². The van der Waals surface area contributed by atoms with E-state index in [1.165, 1.54) is 0 Å². The molecule has 2 unspecified atom stereocenters. The van der Waals surface area contributed by atoms with Gasteiger partial charge in [-0.15, -0.1) is 0 Å². The smallest absolute Gasteiger partial charge is 0.227 e. The lowest BCUT2D eigenvalue weighted by molar-refractivity contribution is -0.129. The number of rotatable bonds is 6. The van der Waals surface area contributed by atoms with Crippen LogP contribution in [0.1, 0.15) is 19.8 Å². The number of hydrogen-bond acceptors (Lipinski definition) is 4. The van der Waals surface area contributed by atoms with Crippen molar-refractivity contribution in [2.45, 2.75) is 25.9 Å². The Kier molecular flexibility index (Phi) is 5.18. The van der Waals surface area contributed by atoms with E-state index in [4.69, 9.17) is 4.74 Å². The molecule has 1 fully saturated rings. The summed E-state index contributed by atoms with van der Waals surface area (Å²) >= 11 is 0. The first-order chi connectivity index (χ1) is 7.58. The van der Waals surface area contributed by atoms with Gasteiger partial charge in [0.25, 0.3) is 0 Å². The SMILES string of the molecule is COCC(O)CCNC(=O)C1(C)CCNC1. The molecule has 0 radical (unpaired) electrons. The van der Waals surface area contributed by atoms with E-state index in [1.54, 1.807) is 7.11 Å². The first kappa shape index (κ1) is 13.4. The van der Waals surface area contributed by atoms with Gasteiger partial charge in [0.15, 0.2) is 0 Å². The summed E-state index contributed by atoms with van der Waals surface area (Å²) in [5, 5.41) is 15.4. The molecule has 94 valence electrons. The molecule has 2 atom stereocenters. The summed E-state index contributed by atoms with van der Waals surface area (Å²) in [5.41, 5.74) is -0.286. The van der Waals surface area contributed by atoms with Crippen molar-refractivity contribution in [3.63, 3.8) is 0 Å². The third-order valence-electron chi connectivity index (χ3n) is 3.04. The van der Waals surface area contributed by atoms with Crippen LogP contribution in [-0.4, -0.2) is 50.5 Å². The Labute approximate surface area is 96.6 Å². The molecule has 16 heavy (non-hydrogen) atoms. The Morgan fingerprint density at radius 3 is 3.00 bits per heavy atom. The van der Waals surface area contributed by atoms with Crippen LogP contribution in [0.15, 0.2) is 0 Å². The number of methoxy groups -OCH3 is 1. The summed E-state index contributed by atoms with van der Waals surface area (Å²) in [5.74, 6) is 0.0714. The molecule has 3 N–H and O–H groups in total. The van der Waals surface area contributed by atoms with Gasteiger partial charge in [0.2, 0.25) is 5.91 Å². The van der Waals surface area contributed by atoms with Gasteiger partial charge in [0, 0.05) is 20.2 Å². The minimum atomic E-state index is -0.500. The molecule has 1 aliphatic rings. The molecule has 0 aromatic carbocycles. The Bertz CT molecular complexity index is 227. The van der Waals surface area contributed by atoms with E-state index >= 15 is 0 Å². The van der Waals surface area contributed by atoms with Gasteiger partial charge in [-0.1, -0.05) is 0 Å². The normalized spacial score (nSPS) is 26.7. The molecule has 0 saturated carbocycles. The van der Waals surface area contributed by atoms with E-state index in [0.717, 1.165) is 19.5 Å². The van der Waals surface area contributed by atoms with Crippen LogP contribution in [0.3, 0.4) is 0 Å². The number of ether oxygens (including phenoxy) is 1. The van der Waals surface area contributed by atoms with E-state index < -0.39 is 6.10 Å². The van der Waals surface area contributed by atoms with Gasteiger partial charge >= 0.3 is 0 Å². The van der Waals surface area contributed by atoms with Crippen molar-refractivity contribution in [2.24, 2.45) is 5.41 Å². The van der Waals surface area contributed by atoms with Crippen LogP contribution in [0, 0.1) is 5.41 Å². The van der Waals surface area contributed by atoms with E-state index in [0.29, 0.717) is 19.6 Å². The highest BCUT2D eigenvalue weighted by Crippen LogP contribution is 2.24. The number of nitrogens with one attached hydrogen (secondary N) is 2. The molecule has 0 aromatic heterocycles. The van der Waals surface area contributed by atoms with Crippen LogP contribution >= 0.6 is 0 Å². The van der Waals surface area contributed by atoms with Crippen molar-refractivity contribution in [3.8, 4) is 0 Å². The summed E-state index contributed by atoms with van der Waals surface area (Å²) in [6.45, 7) is 4.41. The van der Waals surface area contributed by atoms with Gasteiger partial charge in [-0.3, -0.25) is 4.79 Å². The number of carbonyl (C=O) groups excluding carboxylic acids is 1. The van der Waals surface area contributed by atoms with Crippen LogP contribution in [0.25, 0.3) is 0 Å². The number of aliphatic hydroxyl groups excluding tert-OH is 1. The minimum absolute atomic E-state index is 0.0714. The first-order valence-corrected chi connectivity index (χ1v) is 5.74. The quantitative estimate of drug-likeness (QED) is 0.575. The molecule has 5 nitrogen and oxygen atoms in total. The van der Waals surface area contributed by atoms with Gasteiger partial charge < -0.3 is 20.5 Å². The lowest BCUT2D eigenvalue weighted by atomic mass is 9.89. The lowest BCUT2D eigenvalue weighted by Crippen LogP contribution is -2.41. The highest BCUT2D eigenvalue weighted by Gasteiger charge is 2.35. The molecule has 1 amide bonds. The van der Waals surface area contributed by atoms with Gasteiger partial charge in [0.05, 0.1) is 18.1 Å². The Morgan fingerprint density at radius 2 is 2.44 bits per heavy atom. The molecule has 0 aliphatic carbocycles. The third kappa shape index (κ3) is 3.73. The van der Waals surface area contributed by atoms with Crippen molar-refractivity contribution in [1.29, 1.82) is 0 Å². The molecular weight excluding hydrogens is 208 g/mol. The Balaban J connectivity index is 2.19. The standard InChI is InChI=1S/C11H22N2O3/c1-11(4-6-12-8-11)10(15)13-5-3-9(14)7-16-2/h9,12,14H,3-8H2,1-2H3,(H,13,15). The maximum atomic E-state index is 11.8. The second-order valence-corrected chi connectivity index (χ2v) is 4.64. The van der Waals surface area contributed by atoms with Gasteiger partial charge in [-0.2, -0.15) is 0 Å². The maximum absolute atomic E-state index is 11.8. The highest BCUT2D eigenvalue weighted by atomic mass is 16.5. The third-order valence-corrected chi connectivity index (χ3v) is 3.04. The van der Waals surface area contributed by atoms with E-state index in [1.807, 2.05) is 6.92 Å². The molecule has 1 heterocycles. The zero-order valence-corrected chi connectivity index (χ0v) is 10.1. The van der Waals surface area contributed by atoms with E-state index in [2.05, 4.69) is 10.6 Å². The molecular formula is C11H22N2O3. The molecule has 1 aliphatic heterocycles. The number of amides is 1. The monoisotopic (exact) mass is 230 g/mol. The number of carbonyl (C=O) groups is 1. The predicted octanol–water partition coefficient (Wildman–Crippen LogP) is -0.500. The molecule has 0 bridgehead atoms. The van der Waals surface area contributed by atoms with E-state index in [9.17, 15) is 9.90 Å². The molecule has 1 saturated heterocycles. The van der Waals surface area contributed by atoms with Crippen molar-refractivity contribution < 1.29 is 14.6 Å². The molecule has 0 aromatic rings. The second kappa shape index (κ2) is 6.18. The van der Waals surface area contributed by atoms with Crippen LogP contribution < -0.4 is 10.6 Å². The molecule has 0 spiro atoms. The average molecular weight is 230 g/mol. The van der Waals surface area contributed by atoms with Crippen LogP contribution in [-0.2, 0) is 9.53 Å². The zero-order chi connectivity index (χ0) is 12.0. The summed E-state index contributed by atoms with van der Waals surface area (Å²) < 4.78 is 4.81. The van der Waals surface area contributed by atoms with Gasteiger partial charge in [-0.25, -0.2) is 0 Å². The summed E-state index contributed by atoms with van der Waals surface area (Å²) in [6, 6.07) is 0. The van der Waals surface area contributed by atoms with Gasteiger partial charge in [0.1, 0.15) is 0 Å². The largest absolute Gasteiger partial charge is 0.391 e. The summed E-state index contributed by atoms with van der Waals surface area (Å²) in [6.07, 6.45) is 0.905. The summed E-state index contributed by atoms with van der Waals surface area (Å²) in [4.78, 5) is 11.8. The fourth-order valence-corrected chi connectivity index (χ4v) is 1.85. The van der Waals surface area contributed by atoms with Crippen molar-refractivity contribution in [2.75, 3.05) is 33.4 Å². The lowest BCUT2D eigenvalue weighted by Gasteiger charge is -2.21. The fourth-order valence-electron chi connectivity index (χ4n) is 1.85. The molecule has 1 rings (SSSR count). The van der Waals surface area contributed by atoms with Crippen LogP contribution in [0.4, 0.5) is 0 Å². The number of aliphatic hydroxyl groups is 1. The van der Waals surface area contributed by atoms with Crippen LogP contribution in [0.2, 0.25) is 0 Å². The van der Waals surface area contributed by atoms with Crippen molar-refractivity contribution in [3.05, 3.63) is 0 Å². The first-order valence-electron chi connectivity index (χ1n) is 5.74.